The van der Waals surface area contributed by atoms with Crippen LogP contribution in [0, 0.1) is 41.7 Å². The maximum Gasteiger partial charge on any atom is 3.00 e. The van der Waals surface area contributed by atoms with Gasteiger partial charge in [0.25, 0.3) is 0 Å². The van der Waals surface area contributed by atoms with E-state index in [0.29, 0.717) is 0 Å². The fourth-order valence-electron chi connectivity index (χ4n) is 0. The van der Waals surface area contributed by atoms with E-state index >= 15 is 0 Å². The number of hydrogen-bond donors (Lipinski definition) is 0. The van der Waals surface area contributed by atoms with Gasteiger partial charge in [0.2, 0.25) is 0 Å². The summed E-state index contributed by atoms with van der Waals surface area (Å²) in [6.07, 6.45) is 0. The second-order valence-electron chi connectivity index (χ2n) is 0.289. The van der Waals surface area contributed by atoms with E-state index in [1.165, 1.54) is 0 Å². The van der Waals surface area contributed by atoms with Gasteiger partial charge >= 0.3 is 41.7 Å². The Hall–Kier alpha value is -0.213. The number of carboxylic acid groups (broad SMARTS) is 3. The maximum atomic E-state index is 8.25. The summed E-state index contributed by atoms with van der Waals surface area (Å²) in [5.74, 6) is 0. The molecule has 0 aliphatic carbocycles. The maximum absolute atomic E-state index is 8.25. The summed E-state index contributed by atoms with van der Waals surface area (Å²) >= 11 is 0. The van der Waals surface area contributed by atoms with Crippen molar-refractivity contribution in [2.75, 3.05) is 0 Å². The standard InChI is InChI=1S/3CH2O2.Ce/c3*2-1-3;/h3*1H,(H,2,3);/q;;;+3/p-3. The van der Waals surface area contributed by atoms with Crippen molar-refractivity contribution in [2.45, 2.75) is 0 Å². The largest absolute Gasteiger partial charge is 3.00 e. The second kappa shape index (κ2) is 68.6. The Labute approximate surface area is 90.2 Å². The molecule has 0 saturated carbocycles. The molecular formula is C3H3CeO6. The SMILES string of the molecule is O=C[O-].O=C[O-].O=C[O-].[Ce+3]. The van der Waals surface area contributed by atoms with Crippen LogP contribution < -0.4 is 15.3 Å². The molecular weight excluding hydrogens is 272 g/mol. The first-order valence-electron chi connectivity index (χ1n) is 1.41. The van der Waals surface area contributed by atoms with Crippen molar-refractivity contribution in [2.24, 2.45) is 0 Å². The zero-order chi connectivity index (χ0) is 8.12. The van der Waals surface area contributed by atoms with Gasteiger partial charge in [-0.3, -0.25) is 0 Å². The minimum Gasteiger partial charge on any atom is -0.554 e. The summed E-state index contributed by atoms with van der Waals surface area (Å²) in [5, 5.41) is 24.8. The molecule has 0 aromatic rings. The average Bonchev–Trinajstić information content (AvgIpc) is 1.70. The van der Waals surface area contributed by atoms with Crippen LogP contribution in [0.2, 0.25) is 0 Å². The van der Waals surface area contributed by atoms with E-state index in [0.717, 1.165) is 0 Å². The van der Waals surface area contributed by atoms with Gasteiger partial charge in [0.1, 0.15) is 0 Å². The van der Waals surface area contributed by atoms with Gasteiger partial charge in [0.05, 0.1) is 0 Å². The van der Waals surface area contributed by atoms with Gasteiger partial charge in [-0.2, -0.15) is 0 Å². The fourth-order valence-corrected chi connectivity index (χ4v) is 0. The van der Waals surface area contributed by atoms with E-state index < -0.39 is 19.4 Å². The quantitative estimate of drug-likeness (QED) is 0.408. The summed E-state index contributed by atoms with van der Waals surface area (Å²) < 4.78 is 0. The molecule has 1 radical (unpaired) electrons. The Morgan fingerprint density at radius 2 is 0.700 bits per heavy atom. The van der Waals surface area contributed by atoms with Gasteiger partial charge < -0.3 is 29.7 Å². The van der Waals surface area contributed by atoms with Gasteiger partial charge in [0, 0.05) is 19.4 Å². The van der Waals surface area contributed by atoms with E-state index in [2.05, 4.69) is 0 Å². The van der Waals surface area contributed by atoms with Crippen molar-refractivity contribution < 1.29 is 71.5 Å². The normalized spacial score (nSPS) is 3.60. The van der Waals surface area contributed by atoms with Crippen LogP contribution in [0.3, 0.4) is 0 Å². The third kappa shape index (κ3) is 7880. The van der Waals surface area contributed by atoms with Gasteiger partial charge in [0.15, 0.2) is 0 Å². The van der Waals surface area contributed by atoms with Crippen molar-refractivity contribution in [1.29, 1.82) is 0 Å². The Morgan fingerprint density at radius 1 is 0.700 bits per heavy atom. The molecule has 0 heterocycles. The van der Waals surface area contributed by atoms with Crippen molar-refractivity contribution in [3.05, 3.63) is 0 Å². The predicted molar refractivity (Wildman–Crippen MR) is 18.2 cm³/mol. The van der Waals surface area contributed by atoms with Gasteiger partial charge in [-0.25, -0.2) is 0 Å². The molecule has 0 atom stereocenters. The summed E-state index contributed by atoms with van der Waals surface area (Å²) in [4.78, 5) is 24.8. The molecule has 0 N–H and O–H groups in total. The minimum atomic E-state index is -0.500. The van der Waals surface area contributed by atoms with E-state index in [1.807, 2.05) is 0 Å². The van der Waals surface area contributed by atoms with Gasteiger partial charge in [-0.05, 0) is 0 Å². The molecule has 0 aromatic heterocycles. The molecule has 0 aliphatic heterocycles. The van der Waals surface area contributed by atoms with Crippen LogP contribution in [-0.2, 0) is 14.4 Å². The van der Waals surface area contributed by atoms with E-state index in [-0.39, 0.29) is 41.7 Å². The van der Waals surface area contributed by atoms with Crippen LogP contribution in [0.4, 0.5) is 0 Å². The zero-order valence-electron chi connectivity index (χ0n) is 4.68. The van der Waals surface area contributed by atoms with Crippen LogP contribution in [0.5, 0.6) is 0 Å². The van der Waals surface area contributed by atoms with Crippen LogP contribution in [-0.4, -0.2) is 19.4 Å². The topological polar surface area (TPSA) is 120 Å². The Balaban J connectivity index is -0.0000000257. The average molecular weight is 275 g/mol. The van der Waals surface area contributed by atoms with Crippen molar-refractivity contribution in [3.8, 4) is 0 Å². The Bertz CT molecular complexity index is 49.7. The Kier molecular flexibility index (Phi) is 155. The molecule has 55 valence electrons. The first kappa shape index (κ1) is 22.6. The van der Waals surface area contributed by atoms with Crippen LogP contribution in [0.1, 0.15) is 0 Å². The van der Waals surface area contributed by atoms with Crippen molar-refractivity contribution in [3.63, 3.8) is 0 Å². The van der Waals surface area contributed by atoms with Crippen LogP contribution >= 0.6 is 0 Å². The first-order chi connectivity index (χ1) is 4.24. The molecule has 0 spiro atoms. The smallest absolute Gasteiger partial charge is 0.554 e. The van der Waals surface area contributed by atoms with Crippen molar-refractivity contribution >= 4 is 19.4 Å². The monoisotopic (exact) mass is 275 g/mol. The second-order valence-corrected chi connectivity index (χ2v) is 0.289. The summed E-state index contributed by atoms with van der Waals surface area (Å²) in [6.45, 7) is -1.50. The van der Waals surface area contributed by atoms with E-state index in [9.17, 15) is 0 Å². The molecule has 10 heavy (non-hydrogen) atoms. The molecule has 0 rings (SSSR count). The van der Waals surface area contributed by atoms with Gasteiger partial charge in [-0.15, -0.1) is 0 Å². The predicted octanol–water partition coefficient (Wildman–Crippen LogP) is -4.90. The third-order valence-corrected chi connectivity index (χ3v) is 0. The minimum absolute atomic E-state index is 0. The summed E-state index contributed by atoms with van der Waals surface area (Å²) in [6, 6.07) is 0. The molecule has 0 amide bonds. The van der Waals surface area contributed by atoms with Crippen LogP contribution in [0.25, 0.3) is 0 Å². The summed E-state index contributed by atoms with van der Waals surface area (Å²) in [5.41, 5.74) is 0. The molecule has 0 fully saturated rings. The number of carbonyl (C=O) groups is 3. The fraction of sp³-hybridized carbons (Fsp3) is 0. The molecule has 0 unspecified atom stereocenters. The van der Waals surface area contributed by atoms with E-state index in [4.69, 9.17) is 29.7 Å². The van der Waals surface area contributed by atoms with Crippen molar-refractivity contribution in [1.82, 2.24) is 0 Å². The number of rotatable bonds is 0. The van der Waals surface area contributed by atoms with Gasteiger partial charge in [-0.1, -0.05) is 0 Å². The molecule has 7 heteroatoms. The zero-order valence-corrected chi connectivity index (χ0v) is 7.82. The third-order valence-electron chi connectivity index (χ3n) is 0. The molecule has 0 saturated heterocycles. The number of hydrogen-bond acceptors (Lipinski definition) is 6. The first-order valence-corrected chi connectivity index (χ1v) is 1.41. The summed E-state index contributed by atoms with van der Waals surface area (Å²) in [7, 11) is 0. The molecule has 0 bridgehead atoms. The molecule has 0 aromatic carbocycles. The molecule has 0 aliphatic rings. The molecule has 6 nitrogen and oxygen atoms in total. The number of carbonyl (C=O) groups excluding carboxylic acids is 3. The van der Waals surface area contributed by atoms with E-state index in [1.54, 1.807) is 0 Å². The van der Waals surface area contributed by atoms with Crippen LogP contribution in [0.15, 0.2) is 0 Å². The Morgan fingerprint density at radius 3 is 0.700 bits per heavy atom.